The molecule has 1 aromatic carbocycles. The van der Waals surface area contributed by atoms with E-state index in [0.29, 0.717) is 20.6 Å². The Kier molecular flexibility index (Phi) is 5.11. The van der Waals surface area contributed by atoms with Crippen molar-refractivity contribution in [2.45, 2.75) is 35.2 Å². The Morgan fingerprint density at radius 1 is 1.19 bits per heavy atom. The molecule has 0 saturated carbocycles. The smallest absolute Gasteiger partial charge is 0.295 e. The Labute approximate surface area is 189 Å². The molecule has 3 heterocycles. The van der Waals surface area contributed by atoms with Crippen LogP contribution in [0, 0.1) is 10.6 Å². The van der Waals surface area contributed by atoms with Crippen LogP contribution < -0.4 is 21.1 Å². The molecule has 1 aliphatic carbocycles. The number of nitrogens with two attached hydrogens (primary N) is 2. The maximum absolute atomic E-state index is 11.5. The van der Waals surface area contributed by atoms with Crippen molar-refractivity contribution in [1.82, 2.24) is 15.2 Å². The van der Waals surface area contributed by atoms with Gasteiger partial charge in [-0.2, -0.15) is 0 Å². The molecule has 2 aliphatic rings. The Bertz CT molecular complexity index is 1120. The van der Waals surface area contributed by atoms with Crippen LogP contribution >= 0.6 is 23.4 Å². The average molecular weight is 456 g/mol. The van der Waals surface area contributed by atoms with Crippen LogP contribution in [-0.4, -0.2) is 28.3 Å². The minimum absolute atomic E-state index is 0.0428. The third kappa shape index (κ3) is 3.56. The topological polar surface area (TPSA) is 121 Å². The van der Waals surface area contributed by atoms with E-state index in [1.807, 2.05) is 0 Å². The highest BCUT2D eigenvalue weighted by molar-refractivity contribution is 7.99. The molecule has 31 heavy (non-hydrogen) atoms. The molecule has 0 radical (unpaired) electrons. The first-order valence-corrected chi connectivity index (χ1v) is 11.3. The van der Waals surface area contributed by atoms with E-state index in [1.54, 1.807) is 12.3 Å². The van der Waals surface area contributed by atoms with Crippen LogP contribution in [0.4, 0.5) is 11.8 Å². The van der Waals surface area contributed by atoms with Gasteiger partial charge in [-0.05, 0) is 41.9 Å². The standard InChI is InChI=1S/C21H22ClN7OS/c22-17-15(5-8-29(30)19(17)24)31-16-12-25-20(27-26-16)28-9-6-21(7-10-28)11-13-3-1-2-4-14(13)18(21)23/h1-5,8,12,18H,6-7,9-11,23-24H2/t18-/m1/s1. The van der Waals surface area contributed by atoms with Crippen molar-refractivity contribution in [2.24, 2.45) is 11.1 Å². The molecule has 10 heteroatoms. The molecule has 0 amide bonds. The van der Waals surface area contributed by atoms with Gasteiger partial charge < -0.3 is 15.8 Å². The van der Waals surface area contributed by atoms with Gasteiger partial charge in [-0.15, -0.1) is 10.2 Å². The van der Waals surface area contributed by atoms with E-state index in [9.17, 15) is 5.21 Å². The van der Waals surface area contributed by atoms with Crippen molar-refractivity contribution < 1.29 is 4.73 Å². The molecule has 1 spiro atoms. The molecular weight excluding hydrogens is 434 g/mol. The van der Waals surface area contributed by atoms with Gasteiger partial charge in [-0.25, -0.2) is 9.71 Å². The van der Waals surface area contributed by atoms with Crippen molar-refractivity contribution in [2.75, 3.05) is 23.7 Å². The molecule has 5 rings (SSSR count). The zero-order valence-corrected chi connectivity index (χ0v) is 18.3. The first-order chi connectivity index (χ1) is 15.0. The van der Waals surface area contributed by atoms with E-state index in [0.717, 1.165) is 32.4 Å². The summed E-state index contributed by atoms with van der Waals surface area (Å²) in [7, 11) is 0. The summed E-state index contributed by atoms with van der Waals surface area (Å²) in [6.07, 6.45) is 6.01. The summed E-state index contributed by atoms with van der Waals surface area (Å²) >= 11 is 7.42. The minimum atomic E-state index is -0.0428. The molecule has 8 nitrogen and oxygen atoms in total. The van der Waals surface area contributed by atoms with Crippen molar-refractivity contribution in [3.63, 3.8) is 0 Å². The summed E-state index contributed by atoms with van der Waals surface area (Å²) in [5.74, 6) is 0.568. The largest absolute Gasteiger partial charge is 0.711 e. The second-order valence-electron chi connectivity index (χ2n) is 8.11. The summed E-state index contributed by atoms with van der Waals surface area (Å²) in [5, 5.41) is 20.9. The number of nitrogens with zero attached hydrogens (tertiary/aromatic N) is 5. The predicted octanol–water partition coefficient (Wildman–Crippen LogP) is 2.73. The van der Waals surface area contributed by atoms with Gasteiger partial charge >= 0.3 is 0 Å². The lowest BCUT2D eigenvalue weighted by Crippen LogP contribution is -2.45. The fraction of sp³-hybridized carbons (Fsp3) is 0.333. The van der Waals surface area contributed by atoms with E-state index in [1.165, 1.54) is 29.1 Å². The normalized spacial score (nSPS) is 19.5. The predicted molar refractivity (Wildman–Crippen MR) is 120 cm³/mol. The van der Waals surface area contributed by atoms with Crippen molar-refractivity contribution in [1.29, 1.82) is 0 Å². The van der Waals surface area contributed by atoms with E-state index in [4.69, 9.17) is 23.1 Å². The third-order valence-corrected chi connectivity index (χ3v) is 7.88. The molecule has 2 aromatic heterocycles. The summed E-state index contributed by atoms with van der Waals surface area (Å²) in [4.78, 5) is 7.29. The molecule has 0 bridgehead atoms. The lowest BCUT2D eigenvalue weighted by atomic mass is 9.73. The molecule has 1 aliphatic heterocycles. The first kappa shape index (κ1) is 20.3. The molecule has 4 N–H and O–H groups in total. The zero-order chi connectivity index (χ0) is 21.6. The molecule has 1 atom stereocenters. The number of aromatic nitrogens is 4. The van der Waals surface area contributed by atoms with E-state index in [-0.39, 0.29) is 22.3 Å². The number of piperidine rings is 1. The van der Waals surface area contributed by atoms with Crippen LogP contribution in [0.25, 0.3) is 0 Å². The molecule has 3 aromatic rings. The van der Waals surface area contributed by atoms with Gasteiger partial charge in [-0.1, -0.05) is 47.6 Å². The van der Waals surface area contributed by atoms with Gasteiger partial charge in [0.25, 0.3) is 5.82 Å². The Morgan fingerprint density at radius 2 is 1.97 bits per heavy atom. The third-order valence-electron chi connectivity index (χ3n) is 6.42. The van der Waals surface area contributed by atoms with Gasteiger partial charge in [0.05, 0.1) is 12.4 Å². The number of benzene rings is 1. The Balaban J connectivity index is 1.26. The van der Waals surface area contributed by atoms with Gasteiger partial charge in [0.15, 0.2) is 0 Å². The lowest BCUT2D eigenvalue weighted by molar-refractivity contribution is -0.590. The number of rotatable bonds is 3. The summed E-state index contributed by atoms with van der Waals surface area (Å²) in [6, 6.07) is 10.2. The summed E-state index contributed by atoms with van der Waals surface area (Å²) in [6.45, 7) is 1.70. The second-order valence-corrected chi connectivity index (χ2v) is 9.55. The van der Waals surface area contributed by atoms with Gasteiger partial charge in [0, 0.05) is 24.0 Å². The number of fused-ring (bicyclic) bond motifs is 1. The number of nitrogen functional groups attached to an aromatic ring is 1. The molecular formula is C21H22ClN7OS. The number of hydrogen-bond acceptors (Lipinski definition) is 8. The maximum atomic E-state index is 11.5. The monoisotopic (exact) mass is 455 g/mol. The van der Waals surface area contributed by atoms with Crippen LogP contribution in [-0.2, 0) is 6.42 Å². The van der Waals surface area contributed by atoms with Crippen LogP contribution in [0.5, 0.6) is 0 Å². The number of pyridine rings is 1. The van der Waals surface area contributed by atoms with Gasteiger partial charge in [0.2, 0.25) is 5.95 Å². The highest BCUT2D eigenvalue weighted by atomic mass is 35.5. The quantitative estimate of drug-likeness (QED) is 0.456. The lowest BCUT2D eigenvalue weighted by Gasteiger charge is -2.42. The van der Waals surface area contributed by atoms with E-state index >= 15 is 0 Å². The van der Waals surface area contributed by atoms with E-state index < -0.39 is 0 Å². The van der Waals surface area contributed by atoms with Crippen molar-refractivity contribution >= 4 is 35.1 Å². The van der Waals surface area contributed by atoms with Crippen LogP contribution in [0.1, 0.15) is 30.0 Å². The number of anilines is 2. The maximum Gasteiger partial charge on any atom is 0.295 e. The average Bonchev–Trinajstić information content (AvgIpc) is 3.07. The highest BCUT2D eigenvalue weighted by Gasteiger charge is 2.46. The highest BCUT2D eigenvalue weighted by Crippen LogP contribution is 2.50. The molecule has 1 fully saturated rings. The fourth-order valence-corrected chi connectivity index (χ4v) is 5.61. The van der Waals surface area contributed by atoms with Crippen molar-refractivity contribution in [3.05, 3.63) is 64.1 Å². The second kappa shape index (κ2) is 7.81. The van der Waals surface area contributed by atoms with Crippen LogP contribution in [0.15, 0.2) is 52.6 Å². The molecule has 160 valence electrons. The van der Waals surface area contributed by atoms with Crippen molar-refractivity contribution in [3.8, 4) is 0 Å². The summed E-state index contributed by atoms with van der Waals surface area (Å²) < 4.78 is 0.525. The minimum Gasteiger partial charge on any atom is -0.711 e. The fourth-order valence-electron chi connectivity index (χ4n) is 4.61. The Hall–Kier alpha value is -2.62. The van der Waals surface area contributed by atoms with Gasteiger partial charge in [-0.3, -0.25) is 5.73 Å². The van der Waals surface area contributed by atoms with Crippen LogP contribution in [0.3, 0.4) is 0 Å². The van der Waals surface area contributed by atoms with E-state index in [2.05, 4.69) is 44.3 Å². The molecule has 0 unspecified atom stereocenters. The zero-order valence-electron chi connectivity index (χ0n) is 16.7. The number of hydrogen-bond donors (Lipinski definition) is 2. The first-order valence-electron chi connectivity index (χ1n) is 10.1. The molecule has 1 saturated heterocycles. The van der Waals surface area contributed by atoms with Gasteiger partial charge in [0.1, 0.15) is 10.0 Å². The summed E-state index contributed by atoms with van der Waals surface area (Å²) in [5.41, 5.74) is 15.1. The number of halogens is 1. The SMILES string of the molecule is Nc1c(Cl)c(Sc2cnc(N3CCC4(CC3)Cc3ccccc3[C@H]4N)nn2)cc[n+]1[O-]. The van der Waals surface area contributed by atoms with Crippen LogP contribution in [0.2, 0.25) is 5.02 Å². The Morgan fingerprint density at radius 3 is 2.68 bits per heavy atom.